The van der Waals surface area contributed by atoms with Gasteiger partial charge in [0.25, 0.3) is 0 Å². The number of aryl methyl sites for hydroxylation is 1. The maximum Gasteiger partial charge on any atom is 0.126 e. The van der Waals surface area contributed by atoms with Crippen LogP contribution in [0.3, 0.4) is 0 Å². The van der Waals surface area contributed by atoms with Gasteiger partial charge in [-0.2, -0.15) is 0 Å². The summed E-state index contributed by atoms with van der Waals surface area (Å²) in [6, 6.07) is 4.21. The van der Waals surface area contributed by atoms with E-state index in [1.54, 1.807) is 0 Å². The third kappa shape index (κ3) is 5.08. The van der Waals surface area contributed by atoms with E-state index in [9.17, 15) is 0 Å². The Labute approximate surface area is 179 Å². The number of rotatable bonds is 7. The smallest absolute Gasteiger partial charge is 0.126 e. The first-order chi connectivity index (χ1) is 14.2. The van der Waals surface area contributed by atoms with Crippen LogP contribution in [0.5, 0.6) is 0 Å². The van der Waals surface area contributed by atoms with Crippen LogP contribution in [0.2, 0.25) is 0 Å². The Bertz CT molecular complexity index is 663. The Morgan fingerprint density at radius 3 is 2.48 bits per heavy atom. The normalized spacial score (nSPS) is 31.9. The van der Waals surface area contributed by atoms with Gasteiger partial charge in [0.05, 0.1) is 0 Å². The second-order valence-electron chi connectivity index (χ2n) is 10.7. The van der Waals surface area contributed by atoms with Crippen LogP contribution in [0.15, 0.2) is 12.1 Å². The molecular weight excluding hydrogens is 355 g/mol. The first kappa shape index (κ1) is 21.4. The molecule has 1 aromatic carbocycles. The molecule has 0 bridgehead atoms. The number of unbranched alkanes of at least 4 members (excludes halogenated alkanes) is 3. The zero-order valence-corrected chi connectivity index (χ0v) is 19.0. The van der Waals surface area contributed by atoms with Gasteiger partial charge in [-0.15, -0.1) is 0 Å². The highest BCUT2D eigenvalue weighted by Gasteiger charge is 2.36. The Morgan fingerprint density at radius 2 is 1.66 bits per heavy atom. The van der Waals surface area contributed by atoms with Crippen LogP contribution in [0.25, 0.3) is 0 Å². The van der Waals surface area contributed by atoms with Gasteiger partial charge >= 0.3 is 0 Å². The van der Waals surface area contributed by atoms with Gasteiger partial charge < -0.3 is 0 Å². The lowest BCUT2D eigenvalue weighted by Crippen LogP contribution is -2.31. The molecule has 0 aliphatic heterocycles. The number of hydrogen-bond donors (Lipinski definition) is 0. The molecule has 0 heterocycles. The quantitative estimate of drug-likeness (QED) is 0.403. The summed E-state index contributed by atoms with van der Waals surface area (Å²) in [4.78, 5) is 0. The summed E-state index contributed by atoms with van der Waals surface area (Å²) >= 11 is 0. The number of hydrogen-bond acceptors (Lipinski definition) is 0. The predicted molar refractivity (Wildman–Crippen MR) is 122 cm³/mol. The molecule has 3 aliphatic rings. The van der Waals surface area contributed by atoms with E-state index in [4.69, 9.17) is 0 Å². The number of benzene rings is 1. The molecule has 0 amide bonds. The van der Waals surface area contributed by atoms with Crippen LogP contribution in [-0.4, -0.2) is 0 Å². The van der Waals surface area contributed by atoms with Crippen molar-refractivity contribution in [2.75, 3.05) is 0 Å². The Hall–Kier alpha value is -0.850. The highest BCUT2D eigenvalue weighted by atomic mass is 19.1. The molecule has 162 valence electrons. The van der Waals surface area contributed by atoms with E-state index in [2.05, 4.69) is 19.9 Å². The lowest BCUT2D eigenvalue weighted by molar-refractivity contribution is 0.112. The molecule has 3 aliphatic carbocycles. The molecule has 2 saturated carbocycles. The van der Waals surface area contributed by atoms with Crippen LogP contribution < -0.4 is 0 Å². The lowest BCUT2D eigenvalue weighted by atomic mass is 9.63. The fourth-order valence-electron chi connectivity index (χ4n) is 6.93. The molecule has 1 heteroatoms. The van der Waals surface area contributed by atoms with Crippen molar-refractivity contribution in [3.05, 3.63) is 34.6 Å². The van der Waals surface area contributed by atoms with Crippen LogP contribution in [0, 0.1) is 29.5 Å². The Balaban J connectivity index is 1.35. The summed E-state index contributed by atoms with van der Waals surface area (Å²) in [7, 11) is 0. The summed E-state index contributed by atoms with van der Waals surface area (Å²) in [6.07, 6.45) is 20.0. The molecule has 29 heavy (non-hydrogen) atoms. The molecule has 2 fully saturated rings. The van der Waals surface area contributed by atoms with E-state index in [-0.39, 0.29) is 5.82 Å². The highest BCUT2D eigenvalue weighted by Crippen LogP contribution is 2.49. The van der Waals surface area contributed by atoms with Gasteiger partial charge in [0.2, 0.25) is 0 Å². The number of halogens is 1. The minimum absolute atomic E-state index is 0.105. The standard InChI is InChI=1S/C28H43F/c1-3-5-6-7-8-21-10-12-23-17-25(14-13-22(23)16-21)27-18-24-11-9-20(4-2)15-26(24)19-28(27)29/h18-23,25H,3-17H2,1-2H3. The van der Waals surface area contributed by atoms with Crippen molar-refractivity contribution in [3.63, 3.8) is 0 Å². The van der Waals surface area contributed by atoms with Gasteiger partial charge in [-0.05, 0) is 104 Å². The Kier molecular flexibility index (Phi) is 7.35. The SMILES string of the molecule is CCCCCCC1CCC2CC(c3cc4c(cc3F)CC(CC)CC4)CCC2C1. The van der Waals surface area contributed by atoms with Crippen LogP contribution in [-0.2, 0) is 12.8 Å². The van der Waals surface area contributed by atoms with E-state index in [0.717, 1.165) is 35.7 Å². The van der Waals surface area contributed by atoms with Crippen LogP contribution >= 0.6 is 0 Å². The van der Waals surface area contributed by atoms with E-state index in [0.29, 0.717) is 5.92 Å². The van der Waals surface area contributed by atoms with Crippen molar-refractivity contribution in [2.45, 2.75) is 116 Å². The van der Waals surface area contributed by atoms with E-state index < -0.39 is 0 Å². The predicted octanol–water partition coefficient (Wildman–Crippen LogP) is 8.61. The fraction of sp³-hybridized carbons (Fsp3) is 0.786. The van der Waals surface area contributed by atoms with Crippen LogP contribution in [0.4, 0.5) is 4.39 Å². The van der Waals surface area contributed by atoms with E-state index in [1.807, 2.05) is 6.07 Å². The average Bonchev–Trinajstić information content (AvgIpc) is 2.75. The van der Waals surface area contributed by atoms with Gasteiger partial charge in [0, 0.05) is 0 Å². The summed E-state index contributed by atoms with van der Waals surface area (Å²) in [5.74, 6) is 4.12. The molecule has 0 N–H and O–H groups in total. The number of fused-ring (bicyclic) bond motifs is 2. The highest BCUT2D eigenvalue weighted by molar-refractivity contribution is 5.37. The van der Waals surface area contributed by atoms with E-state index in [1.165, 1.54) is 101 Å². The molecule has 0 radical (unpaired) electrons. The first-order valence-electron chi connectivity index (χ1n) is 13.0. The van der Waals surface area contributed by atoms with Crippen molar-refractivity contribution in [2.24, 2.45) is 23.7 Å². The molecule has 1 aromatic rings. The second-order valence-corrected chi connectivity index (χ2v) is 10.7. The lowest BCUT2D eigenvalue weighted by Gasteiger charge is -2.42. The molecule has 0 nitrogen and oxygen atoms in total. The van der Waals surface area contributed by atoms with Crippen molar-refractivity contribution >= 4 is 0 Å². The minimum Gasteiger partial charge on any atom is -0.207 e. The zero-order chi connectivity index (χ0) is 20.2. The summed E-state index contributed by atoms with van der Waals surface area (Å²) in [6.45, 7) is 4.58. The van der Waals surface area contributed by atoms with Gasteiger partial charge in [-0.1, -0.05) is 64.9 Å². The third-order valence-corrected chi connectivity index (χ3v) is 8.85. The van der Waals surface area contributed by atoms with Crippen molar-refractivity contribution < 1.29 is 4.39 Å². The van der Waals surface area contributed by atoms with Gasteiger partial charge in [0.15, 0.2) is 0 Å². The third-order valence-electron chi connectivity index (χ3n) is 8.85. The molecule has 0 saturated heterocycles. The van der Waals surface area contributed by atoms with Gasteiger partial charge in [-0.25, -0.2) is 4.39 Å². The summed E-state index contributed by atoms with van der Waals surface area (Å²) in [5, 5.41) is 0. The van der Waals surface area contributed by atoms with Gasteiger partial charge in [0.1, 0.15) is 5.82 Å². The maximum absolute atomic E-state index is 15.1. The monoisotopic (exact) mass is 398 g/mol. The van der Waals surface area contributed by atoms with Crippen molar-refractivity contribution in [1.82, 2.24) is 0 Å². The largest absolute Gasteiger partial charge is 0.207 e. The average molecular weight is 399 g/mol. The van der Waals surface area contributed by atoms with Gasteiger partial charge in [-0.3, -0.25) is 0 Å². The maximum atomic E-state index is 15.1. The first-order valence-corrected chi connectivity index (χ1v) is 13.0. The topological polar surface area (TPSA) is 0 Å². The molecule has 0 aromatic heterocycles. The van der Waals surface area contributed by atoms with Crippen molar-refractivity contribution in [3.8, 4) is 0 Å². The zero-order valence-electron chi connectivity index (χ0n) is 19.0. The fourth-order valence-corrected chi connectivity index (χ4v) is 6.93. The Morgan fingerprint density at radius 1 is 0.828 bits per heavy atom. The second kappa shape index (κ2) is 9.97. The van der Waals surface area contributed by atoms with Crippen molar-refractivity contribution in [1.29, 1.82) is 0 Å². The summed E-state index contributed by atoms with van der Waals surface area (Å²) < 4.78 is 15.1. The summed E-state index contributed by atoms with van der Waals surface area (Å²) in [5.41, 5.74) is 3.84. The van der Waals surface area contributed by atoms with E-state index >= 15 is 4.39 Å². The minimum atomic E-state index is 0.105. The van der Waals surface area contributed by atoms with Crippen LogP contribution in [0.1, 0.15) is 120 Å². The molecule has 4 rings (SSSR count). The molecule has 5 atom stereocenters. The molecular formula is C28H43F. The molecule has 5 unspecified atom stereocenters. The molecule has 0 spiro atoms.